The van der Waals surface area contributed by atoms with Crippen molar-refractivity contribution in [2.75, 3.05) is 31.2 Å². The molecule has 1 aromatic rings. The van der Waals surface area contributed by atoms with E-state index >= 15 is 0 Å². The van der Waals surface area contributed by atoms with E-state index in [1.165, 1.54) is 11.3 Å². The molecule has 13 heavy (non-hydrogen) atoms. The van der Waals surface area contributed by atoms with Crippen LogP contribution in [-0.4, -0.2) is 46.7 Å². The van der Waals surface area contributed by atoms with Crippen molar-refractivity contribution in [2.24, 2.45) is 0 Å². The number of anilines is 1. The molecule has 1 aromatic heterocycles. The molecule has 0 spiro atoms. The van der Waals surface area contributed by atoms with Gasteiger partial charge in [-0.05, 0) is 6.92 Å². The molecule has 0 bridgehead atoms. The Morgan fingerprint density at radius 3 is 2.23 bits per heavy atom. The Balaban J connectivity index is 2.63. The summed E-state index contributed by atoms with van der Waals surface area (Å²) in [5.74, 6) is 0. The fourth-order valence-electron chi connectivity index (χ4n) is 0.958. The topological polar surface area (TPSA) is 69.5 Å². The van der Waals surface area contributed by atoms with Gasteiger partial charge in [-0.3, -0.25) is 0 Å². The lowest BCUT2D eigenvalue weighted by Gasteiger charge is -2.18. The van der Waals surface area contributed by atoms with Crippen LogP contribution >= 0.6 is 11.3 Å². The maximum Gasteiger partial charge on any atom is 0.208 e. The molecule has 0 fully saturated rings. The lowest BCUT2D eigenvalue weighted by Crippen LogP contribution is -2.29. The first-order valence-corrected chi connectivity index (χ1v) is 4.86. The van der Waals surface area contributed by atoms with Gasteiger partial charge in [-0.25, -0.2) is 0 Å². The highest BCUT2D eigenvalue weighted by Crippen LogP contribution is 2.18. The first-order chi connectivity index (χ1) is 6.27. The van der Waals surface area contributed by atoms with Crippen LogP contribution in [0.15, 0.2) is 0 Å². The molecular weight excluding hydrogens is 190 g/mol. The zero-order chi connectivity index (χ0) is 9.68. The molecule has 0 amide bonds. The molecule has 0 saturated carbocycles. The number of aryl methyl sites for hydroxylation is 1. The molecule has 0 aliphatic heterocycles. The van der Waals surface area contributed by atoms with Crippen molar-refractivity contribution < 1.29 is 10.2 Å². The third-order valence-electron chi connectivity index (χ3n) is 1.53. The maximum atomic E-state index is 8.76. The Kier molecular flexibility index (Phi) is 4.07. The number of hydrogen-bond acceptors (Lipinski definition) is 6. The van der Waals surface area contributed by atoms with Crippen LogP contribution in [0.1, 0.15) is 5.01 Å². The summed E-state index contributed by atoms with van der Waals surface area (Å²) in [6.07, 6.45) is 0. The molecule has 6 heteroatoms. The fraction of sp³-hybridized carbons (Fsp3) is 0.714. The molecule has 1 heterocycles. The third kappa shape index (κ3) is 2.91. The van der Waals surface area contributed by atoms with Gasteiger partial charge in [0, 0.05) is 13.1 Å². The average Bonchev–Trinajstić information content (AvgIpc) is 2.51. The monoisotopic (exact) mass is 203 g/mol. The minimum Gasteiger partial charge on any atom is -0.395 e. The quantitative estimate of drug-likeness (QED) is 0.684. The van der Waals surface area contributed by atoms with Crippen molar-refractivity contribution in [1.29, 1.82) is 0 Å². The molecular formula is C7H13N3O2S. The van der Waals surface area contributed by atoms with E-state index in [0.717, 1.165) is 10.1 Å². The van der Waals surface area contributed by atoms with Crippen LogP contribution in [0.25, 0.3) is 0 Å². The highest BCUT2D eigenvalue weighted by Gasteiger charge is 2.09. The first-order valence-electron chi connectivity index (χ1n) is 4.04. The summed E-state index contributed by atoms with van der Waals surface area (Å²) in [5.41, 5.74) is 0. The van der Waals surface area contributed by atoms with Crippen LogP contribution in [0.3, 0.4) is 0 Å². The van der Waals surface area contributed by atoms with Gasteiger partial charge in [0.1, 0.15) is 5.01 Å². The zero-order valence-electron chi connectivity index (χ0n) is 7.47. The number of rotatable bonds is 5. The normalized spacial score (nSPS) is 10.4. The van der Waals surface area contributed by atoms with Gasteiger partial charge < -0.3 is 15.1 Å². The van der Waals surface area contributed by atoms with E-state index in [2.05, 4.69) is 10.2 Å². The smallest absolute Gasteiger partial charge is 0.208 e. The molecule has 0 radical (unpaired) electrons. The number of nitrogens with zero attached hydrogens (tertiary/aromatic N) is 3. The molecule has 2 N–H and O–H groups in total. The van der Waals surface area contributed by atoms with Crippen molar-refractivity contribution >= 4 is 16.5 Å². The van der Waals surface area contributed by atoms with E-state index in [-0.39, 0.29) is 13.2 Å². The second-order valence-electron chi connectivity index (χ2n) is 2.54. The van der Waals surface area contributed by atoms with Gasteiger partial charge in [0.15, 0.2) is 0 Å². The van der Waals surface area contributed by atoms with Gasteiger partial charge in [0.25, 0.3) is 0 Å². The van der Waals surface area contributed by atoms with Gasteiger partial charge >= 0.3 is 0 Å². The largest absolute Gasteiger partial charge is 0.395 e. The van der Waals surface area contributed by atoms with E-state index in [9.17, 15) is 0 Å². The van der Waals surface area contributed by atoms with Gasteiger partial charge in [0.05, 0.1) is 13.2 Å². The second kappa shape index (κ2) is 5.11. The molecule has 0 aliphatic rings. The van der Waals surface area contributed by atoms with E-state index < -0.39 is 0 Å². The highest BCUT2D eigenvalue weighted by molar-refractivity contribution is 7.15. The summed E-state index contributed by atoms with van der Waals surface area (Å²) in [4.78, 5) is 1.81. The zero-order valence-corrected chi connectivity index (χ0v) is 8.29. The molecule has 0 aromatic carbocycles. The van der Waals surface area contributed by atoms with Crippen LogP contribution in [0.5, 0.6) is 0 Å². The Hall–Kier alpha value is -0.720. The van der Waals surface area contributed by atoms with Crippen LogP contribution in [0.4, 0.5) is 5.13 Å². The van der Waals surface area contributed by atoms with E-state index in [1.54, 1.807) is 0 Å². The molecule has 0 saturated heterocycles. The van der Waals surface area contributed by atoms with Gasteiger partial charge in [-0.1, -0.05) is 11.3 Å². The molecule has 5 nitrogen and oxygen atoms in total. The molecule has 0 aliphatic carbocycles. The Labute approximate surface area is 80.7 Å². The molecule has 0 atom stereocenters. The predicted molar refractivity (Wildman–Crippen MR) is 51.0 cm³/mol. The van der Waals surface area contributed by atoms with Crippen molar-refractivity contribution in [2.45, 2.75) is 6.92 Å². The van der Waals surface area contributed by atoms with Crippen molar-refractivity contribution in [1.82, 2.24) is 10.2 Å². The first kappa shape index (κ1) is 10.4. The third-order valence-corrected chi connectivity index (χ3v) is 2.43. The Morgan fingerprint density at radius 1 is 1.23 bits per heavy atom. The van der Waals surface area contributed by atoms with E-state index in [0.29, 0.717) is 13.1 Å². The van der Waals surface area contributed by atoms with Gasteiger partial charge in [-0.2, -0.15) is 0 Å². The molecule has 1 rings (SSSR count). The Bertz CT molecular complexity index is 248. The van der Waals surface area contributed by atoms with Crippen molar-refractivity contribution in [3.05, 3.63) is 5.01 Å². The summed E-state index contributed by atoms with van der Waals surface area (Å²) in [5, 5.41) is 27.0. The van der Waals surface area contributed by atoms with Gasteiger partial charge in [-0.15, -0.1) is 10.2 Å². The summed E-state index contributed by atoms with van der Waals surface area (Å²) in [6.45, 7) is 2.94. The lowest BCUT2D eigenvalue weighted by atomic mass is 10.5. The minimum atomic E-state index is 0.0542. The minimum absolute atomic E-state index is 0.0542. The molecule has 0 unspecified atom stereocenters. The van der Waals surface area contributed by atoms with E-state index in [1.807, 2.05) is 11.8 Å². The van der Waals surface area contributed by atoms with Crippen molar-refractivity contribution in [3.63, 3.8) is 0 Å². The summed E-state index contributed by atoms with van der Waals surface area (Å²) >= 11 is 1.46. The van der Waals surface area contributed by atoms with Crippen LogP contribution in [0.2, 0.25) is 0 Å². The number of hydrogen-bond donors (Lipinski definition) is 2. The number of aliphatic hydroxyl groups is 2. The van der Waals surface area contributed by atoms with Gasteiger partial charge in [0.2, 0.25) is 5.13 Å². The predicted octanol–water partition coefficient (Wildman–Crippen LogP) is -0.362. The number of aromatic nitrogens is 2. The number of aliphatic hydroxyl groups excluding tert-OH is 2. The lowest BCUT2D eigenvalue weighted by molar-refractivity contribution is 0.281. The SMILES string of the molecule is Cc1nnc(N(CCO)CCO)s1. The fourth-order valence-corrected chi connectivity index (χ4v) is 1.70. The van der Waals surface area contributed by atoms with Crippen LogP contribution in [-0.2, 0) is 0 Å². The van der Waals surface area contributed by atoms with E-state index in [4.69, 9.17) is 10.2 Å². The van der Waals surface area contributed by atoms with Crippen LogP contribution < -0.4 is 4.90 Å². The summed E-state index contributed by atoms with van der Waals surface area (Å²) in [7, 11) is 0. The van der Waals surface area contributed by atoms with Crippen molar-refractivity contribution in [3.8, 4) is 0 Å². The standard InChI is InChI=1S/C7H13N3O2S/c1-6-8-9-7(13-6)10(2-4-11)3-5-12/h11-12H,2-5H2,1H3. The Morgan fingerprint density at radius 2 is 1.85 bits per heavy atom. The highest BCUT2D eigenvalue weighted by atomic mass is 32.1. The molecule has 74 valence electrons. The average molecular weight is 203 g/mol. The maximum absolute atomic E-state index is 8.76. The second-order valence-corrected chi connectivity index (χ2v) is 3.70. The summed E-state index contributed by atoms with van der Waals surface area (Å²) < 4.78 is 0. The van der Waals surface area contributed by atoms with Crippen LogP contribution in [0, 0.1) is 6.92 Å². The summed E-state index contributed by atoms with van der Waals surface area (Å²) in [6, 6.07) is 0.